The van der Waals surface area contributed by atoms with E-state index in [2.05, 4.69) is 13.8 Å². The third kappa shape index (κ3) is 3.78. The summed E-state index contributed by atoms with van der Waals surface area (Å²) in [4.78, 5) is 22.0. The van der Waals surface area contributed by atoms with Crippen molar-refractivity contribution in [1.82, 2.24) is 0 Å². The summed E-state index contributed by atoms with van der Waals surface area (Å²) in [7, 11) is -3.67. The Morgan fingerprint density at radius 2 is 1.33 bits per heavy atom. The van der Waals surface area contributed by atoms with Crippen LogP contribution in [0.2, 0.25) is 0 Å². The Balaban J connectivity index is 3.05. The maximum atomic E-state index is 11.0. The van der Waals surface area contributed by atoms with Crippen LogP contribution < -0.4 is 5.30 Å². The molecule has 0 aliphatic carbocycles. The molecule has 0 aromatic heterocycles. The van der Waals surface area contributed by atoms with Gasteiger partial charge in [0.25, 0.3) is 0 Å². The first-order valence-corrected chi connectivity index (χ1v) is 9.50. The third-order valence-electron chi connectivity index (χ3n) is 3.59. The molecule has 0 saturated carbocycles. The Morgan fingerprint density at radius 3 is 1.72 bits per heavy atom. The molecule has 1 rings (SSSR count). The van der Waals surface area contributed by atoms with Crippen molar-refractivity contribution in [3.05, 3.63) is 29.8 Å². The van der Waals surface area contributed by atoms with Crippen LogP contribution in [0.15, 0.2) is 24.3 Å². The van der Waals surface area contributed by atoms with Gasteiger partial charge in [-0.25, -0.2) is 0 Å². The Labute approximate surface area is 111 Å². The molecule has 0 bridgehead atoms. The predicted octanol–water partition coefficient (Wildman–Crippen LogP) is 3.59. The number of hydrogen-bond donors (Lipinski definition) is 2. The summed E-state index contributed by atoms with van der Waals surface area (Å²) >= 11 is 0. The van der Waals surface area contributed by atoms with Crippen molar-refractivity contribution in [3.8, 4) is 0 Å². The van der Waals surface area contributed by atoms with E-state index in [1.54, 1.807) is 0 Å². The standard InChI is InChI=1S/C15H27O2P/c1-4-6-12-18(16,17,13-7-5-2)15-10-8-14(3)9-11-15/h8-11,16-17H,4-7,12-13H2,1-3H3. The molecule has 1 aromatic rings. The Kier molecular flexibility index (Phi) is 5.33. The molecule has 0 aliphatic rings. The van der Waals surface area contributed by atoms with Crippen LogP contribution >= 0.6 is 7.06 Å². The molecule has 0 radical (unpaired) electrons. The van der Waals surface area contributed by atoms with Gasteiger partial charge in [0, 0.05) is 0 Å². The topological polar surface area (TPSA) is 40.5 Å². The zero-order valence-electron chi connectivity index (χ0n) is 11.9. The van der Waals surface area contributed by atoms with Crippen LogP contribution in [0.1, 0.15) is 45.1 Å². The van der Waals surface area contributed by atoms with Gasteiger partial charge in [-0.05, 0) is 0 Å². The summed E-state index contributed by atoms with van der Waals surface area (Å²) in [6.45, 7) is 6.20. The first kappa shape index (κ1) is 15.6. The second kappa shape index (κ2) is 6.14. The molecule has 0 saturated heterocycles. The maximum absolute atomic E-state index is 11.0. The second-order valence-corrected chi connectivity index (χ2v) is 9.59. The molecule has 1 aromatic carbocycles. The van der Waals surface area contributed by atoms with Gasteiger partial charge in [-0.15, -0.1) is 0 Å². The van der Waals surface area contributed by atoms with Gasteiger partial charge >= 0.3 is 111 Å². The van der Waals surface area contributed by atoms with E-state index in [0.29, 0.717) is 12.3 Å². The van der Waals surface area contributed by atoms with Crippen LogP contribution in [0.5, 0.6) is 0 Å². The summed E-state index contributed by atoms with van der Waals surface area (Å²) in [5, 5.41) is 0.758. The summed E-state index contributed by atoms with van der Waals surface area (Å²) in [5.74, 6) is 0. The fourth-order valence-electron chi connectivity index (χ4n) is 2.24. The van der Waals surface area contributed by atoms with E-state index in [1.165, 1.54) is 0 Å². The van der Waals surface area contributed by atoms with E-state index in [9.17, 15) is 9.79 Å². The molecule has 0 heterocycles. The van der Waals surface area contributed by atoms with Crippen molar-refractivity contribution in [2.24, 2.45) is 0 Å². The van der Waals surface area contributed by atoms with E-state index >= 15 is 0 Å². The molecule has 0 aliphatic heterocycles. The van der Waals surface area contributed by atoms with Crippen molar-refractivity contribution in [3.63, 3.8) is 0 Å². The van der Waals surface area contributed by atoms with Crippen LogP contribution in [-0.4, -0.2) is 22.1 Å². The number of aryl methyl sites for hydroxylation is 1. The molecule has 2 nitrogen and oxygen atoms in total. The first-order chi connectivity index (χ1) is 8.41. The fourth-order valence-corrected chi connectivity index (χ4v) is 5.78. The van der Waals surface area contributed by atoms with Gasteiger partial charge in [-0.2, -0.15) is 0 Å². The molecule has 0 fully saturated rings. The van der Waals surface area contributed by atoms with E-state index in [4.69, 9.17) is 0 Å². The van der Waals surface area contributed by atoms with Crippen LogP contribution in [0.4, 0.5) is 0 Å². The van der Waals surface area contributed by atoms with Gasteiger partial charge in [0.2, 0.25) is 0 Å². The normalized spacial score (nSPS) is 14.2. The van der Waals surface area contributed by atoms with Crippen molar-refractivity contribution < 1.29 is 9.79 Å². The Hall–Kier alpha value is -0.430. The zero-order valence-corrected chi connectivity index (χ0v) is 12.8. The quantitative estimate of drug-likeness (QED) is 0.743. The van der Waals surface area contributed by atoms with Crippen molar-refractivity contribution >= 4 is 12.4 Å². The predicted molar refractivity (Wildman–Crippen MR) is 81.7 cm³/mol. The van der Waals surface area contributed by atoms with Crippen LogP contribution in [-0.2, 0) is 0 Å². The van der Waals surface area contributed by atoms with Crippen LogP contribution in [0.25, 0.3) is 0 Å². The first-order valence-electron chi connectivity index (χ1n) is 6.99. The minimum absolute atomic E-state index is 0.533. The van der Waals surface area contributed by atoms with Gasteiger partial charge < -0.3 is 0 Å². The SMILES string of the molecule is CCCCP(O)(O)(CCCC)c1ccc(C)cc1. The van der Waals surface area contributed by atoms with E-state index in [1.807, 2.05) is 31.2 Å². The summed E-state index contributed by atoms with van der Waals surface area (Å²) in [5.41, 5.74) is 1.16. The third-order valence-corrected chi connectivity index (χ3v) is 7.60. The average Bonchev–Trinajstić information content (AvgIpc) is 2.35. The van der Waals surface area contributed by atoms with Crippen molar-refractivity contribution in [2.45, 2.75) is 46.5 Å². The van der Waals surface area contributed by atoms with Crippen molar-refractivity contribution in [2.75, 3.05) is 12.3 Å². The van der Waals surface area contributed by atoms with Gasteiger partial charge in [-0.1, -0.05) is 0 Å². The minimum atomic E-state index is -3.67. The van der Waals surface area contributed by atoms with Gasteiger partial charge in [0.15, 0.2) is 0 Å². The molecular formula is C15H27O2P. The number of rotatable bonds is 7. The molecule has 0 amide bonds. The van der Waals surface area contributed by atoms with E-state index in [-0.39, 0.29) is 0 Å². The average molecular weight is 270 g/mol. The van der Waals surface area contributed by atoms with Gasteiger partial charge in [-0.3, -0.25) is 0 Å². The van der Waals surface area contributed by atoms with E-state index in [0.717, 1.165) is 36.6 Å². The molecule has 2 N–H and O–H groups in total. The molecule has 0 spiro atoms. The monoisotopic (exact) mass is 270 g/mol. The number of hydrogen-bond acceptors (Lipinski definition) is 2. The second-order valence-electron chi connectivity index (χ2n) is 5.38. The molecule has 104 valence electrons. The summed E-state index contributed by atoms with van der Waals surface area (Å²) in [6, 6.07) is 7.75. The van der Waals surface area contributed by atoms with E-state index < -0.39 is 7.06 Å². The van der Waals surface area contributed by atoms with Gasteiger partial charge in [0.05, 0.1) is 0 Å². The Morgan fingerprint density at radius 1 is 0.889 bits per heavy atom. The molecule has 0 atom stereocenters. The number of unbranched alkanes of at least 4 members (excludes halogenated alkanes) is 2. The zero-order chi connectivity index (χ0) is 13.7. The molecule has 0 unspecified atom stereocenters. The molecular weight excluding hydrogens is 243 g/mol. The molecule has 18 heavy (non-hydrogen) atoms. The van der Waals surface area contributed by atoms with Crippen molar-refractivity contribution in [1.29, 1.82) is 0 Å². The summed E-state index contributed by atoms with van der Waals surface area (Å²) < 4.78 is 0. The van der Waals surface area contributed by atoms with Gasteiger partial charge in [0.1, 0.15) is 0 Å². The molecule has 3 heteroatoms. The van der Waals surface area contributed by atoms with Crippen LogP contribution in [0, 0.1) is 6.92 Å². The fraction of sp³-hybridized carbons (Fsp3) is 0.600. The van der Waals surface area contributed by atoms with Crippen LogP contribution in [0.3, 0.4) is 0 Å². The number of benzene rings is 1. The Bertz CT molecular complexity index is 359. The summed E-state index contributed by atoms with van der Waals surface area (Å²) in [6.07, 6.45) is 4.81.